The van der Waals surface area contributed by atoms with E-state index in [4.69, 9.17) is 0 Å². The number of carbonyl (C=O) groups excluding carboxylic acids is 2. The number of hydrogen-bond acceptors (Lipinski definition) is 2. The zero-order valence-electron chi connectivity index (χ0n) is 10.1. The zero-order valence-corrected chi connectivity index (χ0v) is 10.1. The second kappa shape index (κ2) is 6.30. The number of hydrogen-bond donors (Lipinski definition) is 1. The van der Waals surface area contributed by atoms with Gasteiger partial charge in [-0.1, -0.05) is 13.0 Å². The van der Waals surface area contributed by atoms with Crippen molar-refractivity contribution in [2.24, 2.45) is 0 Å². The normalized spacial score (nSPS) is 16.4. The molecule has 2 amide bonds. The highest BCUT2D eigenvalue weighted by molar-refractivity contribution is 5.95. The molecule has 1 saturated heterocycles. The van der Waals surface area contributed by atoms with Gasteiger partial charge in [-0.2, -0.15) is 0 Å². The van der Waals surface area contributed by atoms with Crippen LogP contribution in [-0.4, -0.2) is 36.3 Å². The van der Waals surface area contributed by atoms with Gasteiger partial charge in [-0.25, -0.2) is 0 Å². The van der Waals surface area contributed by atoms with Crippen LogP contribution in [0.15, 0.2) is 11.6 Å². The first kappa shape index (κ1) is 12.7. The summed E-state index contributed by atoms with van der Waals surface area (Å²) in [6.07, 6.45) is 4.85. The molecule has 0 atom stereocenters. The van der Waals surface area contributed by atoms with E-state index in [1.54, 1.807) is 11.8 Å². The van der Waals surface area contributed by atoms with Crippen molar-refractivity contribution in [3.63, 3.8) is 0 Å². The van der Waals surface area contributed by atoms with E-state index in [-0.39, 0.29) is 18.4 Å². The molecule has 0 aromatic rings. The summed E-state index contributed by atoms with van der Waals surface area (Å²) >= 11 is 0. The van der Waals surface area contributed by atoms with Crippen LogP contribution in [0.3, 0.4) is 0 Å². The molecular weight excluding hydrogens is 204 g/mol. The predicted molar refractivity (Wildman–Crippen MR) is 62.9 cm³/mol. The van der Waals surface area contributed by atoms with Crippen LogP contribution in [0.5, 0.6) is 0 Å². The van der Waals surface area contributed by atoms with E-state index in [0.29, 0.717) is 5.57 Å². The van der Waals surface area contributed by atoms with Crippen LogP contribution in [0.25, 0.3) is 0 Å². The highest BCUT2D eigenvalue weighted by Gasteiger charge is 2.18. The third-order valence-corrected chi connectivity index (χ3v) is 2.73. The van der Waals surface area contributed by atoms with Crippen molar-refractivity contribution in [3.05, 3.63) is 11.6 Å². The van der Waals surface area contributed by atoms with Crippen LogP contribution in [-0.2, 0) is 9.59 Å². The van der Waals surface area contributed by atoms with Gasteiger partial charge in [-0.15, -0.1) is 0 Å². The Hall–Kier alpha value is -1.32. The van der Waals surface area contributed by atoms with Gasteiger partial charge in [0.25, 0.3) is 0 Å². The number of allylic oxidation sites excluding steroid dienone is 1. The first-order valence-electron chi connectivity index (χ1n) is 5.88. The Kier molecular flexibility index (Phi) is 5.02. The standard InChI is InChI=1S/C12H20N2O2/c1-3-6-10(2)12(16)13-9-11(15)14-7-4-5-8-14/h6H,3-5,7-9H2,1-2H3,(H,13,16)/b10-6-. The van der Waals surface area contributed by atoms with Crippen molar-refractivity contribution in [2.75, 3.05) is 19.6 Å². The highest BCUT2D eigenvalue weighted by Crippen LogP contribution is 2.06. The second-order valence-corrected chi connectivity index (χ2v) is 4.07. The average molecular weight is 224 g/mol. The molecule has 16 heavy (non-hydrogen) atoms. The largest absolute Gasteiger partial charge is 0.343 e. The lowest BCUT2D eigenvalue weighted by Gasteiger charge is -2.15. The van der Waals surface area contributed by atoms with E-state index in [9.17, 15) is 9.59 Å². The lowest BCUT2D eigenvalue weighted by Crippen LogP contribution is -2.38. The molecule has 1 fully saturated rings. The number of likely N-dealkylation sites (tertiary alicyclic amines) is 1. The van der Waals surface area contributed by atoms with Gasteiger partial charge in [-0.3, -0.25) is 9.59 Å². The fourth-order valence-electron chi connectivity index (χ4n) is 1.77. The van der Waals surface area contributed by atoms with Crippen LogP contribution < -0.4 is 5.32 Å². The van der Waals surface area contributed by atoms with Crippen molar-refractivity contribution in [1.82, 2.24) is 10.2 Å². The number of carbonyl (C=O) groups is 2. The average Bonchev–Trinajstić information content (AvgIpc) is 2.79. The molecule has 1 heterocycles. The Morgan fingerprint density at radius 2 is 1.94 bits per heavy atom. The maximum Gasteiger partial charge on any atom is 0.247 e. The molecule has 1 rings (SSSR count). The number of amides is 2. The Morgan fingerprint density at radius 1 is 1.31 bits per heavy atom. The summed E-state index contributed by atoms with van der Waals surface area (Å²) in [4.78, 5) is 24.9. The van der Waals surface area contributed by atoms with Gasteiger partial charge in [0.2, 0.25) is 11.8 Å². The second-order valence-electron chi connectivity index (χ2n) is 4.07. The monoisotopic (exact) mass is 224 g/mol. The molecule has 0 bridgehead atoms. The molecule has 4 nitrogen and oxygen atoms in total. The molecule has 4 heteroatoms. The van der Waals surface area contributed by atoms with Crippen molar-refractivity contribution in [2.45, 2.75) is 33.1 Å². The summed E-state index contributed by atoms with van der Waals surface area (Å²) in [5.41, 5.74) is 0.678. The maximum atomic E-state index is 11.6. The van der Waals surface area contributed by atoms with E-state index < -0.39 is 0 Å². The first-order chi connectivity index (χ1) is 7.65. The minimum absolute atomic E-state index is 0.0233. The molecule has 0 saturated carbocycles. The van der Waals surface area contributed by atoms with Crippen molar-refractivity contribution in [3.8, 4) is 0 Å². The SMILES string of the molecule is CC/C=C(/C)C(=O)NCC(=O)N1CCCC1. The molecule has 1 aliphatic heterocycles. The van der Waals surface area contributed by atoms with Crippen LogP contribution >= 0.6 is 0 Å². The van der Waals surface area contributed by atoms with Crippen LogP contribution in [0, 0.1) is 0 Å². The minimum atomic E-state index is -0.144. The number of nitrogens with zero attached hydrogens (tertiary/aromatic N) is 1. The summed E-state index contributed by atoms with van der Waals surface area (Å²) in [6.45, 7) is 5.52. The maximum absolute atomic E-state index is 11.6. The van der Waals surface area contributed by atoms with Crippen molar-refractivity contribution >= 4 is 11.8 Å². The zero-order chi connectivity index (χ0) is 12.0. The van der Waals surface area contributed by atoms with Gasteiger partial charge < -0.3 is 10.2 Å². The van der Waals surface area contributed by atoms with Gasteiger partial charge in [-0.05, 0) is 26.2 Å². The highest BCUT2D eigenvalue weighted by atomic mass is 16.2. The Balaban J connectivity index is 2.31. The molecule has 0 aromatic carbocycles. The lowest BCUT2D eigenvalue weighted by molar-refractivity contribution is -0.131. The van der Waals surface area contributed by atoms with Crippen molar-refractivity contribution < 1.29 is 9.59 Å². The van der Waals surface area contributed by atoms with Gasteiger partial charge >= 0.3 is 0 Å². The molecule has 0 aromatic heterocycles. The minimum Gasteiger partial charge on any atom is -0.343 e. The van der Waals surface area contributed by atoms with Gasteiger partial charge in [0.1, 0.15) is 0 Å². The molecule has 90 valence electrons. The molecule has 0 spiro atoms. The smallest absolute Gasteiger partial charge is 0.247 e. The molecule has 1 N–H and O–H groups in total. The molecular formula is C12H20N2O2. The third-order valence-electron chi connectivity index (χ3n) is 2.73. The first-order valence-corrected chi connectivity index (χ1v) is 5.88. The molecule has 1 aliphatic rings. The summed E-state index contributed by atoms with van der Waals surface area (Å²) in [5.74, 6) is -0.121. The van der Waals surface area contributed by atoms with Gasteiger partial charge in [0, 0.05) is 18.7 Å². The molecule has 0 aliphatic carbocycles. The molecule has 0 radical (unpaired) electrons. The Bertz CT molecular complexity index is 291. The van der Waals surface area contributed by atoms with E-state index in [0.717, 1.165) is 32.4 Å². The van der Waals surface area contributed by atoms with E-state index >= 15 is 0 Å². The quantitative estimate of drug-likeness (QED) is 0.726. The fraction of sp³-hybridized carbons (Fsp3) is 0.667. The predicted octanol–water partition coefficient (Wildman–Crippen LogP) is 1.08. The Labute approximate surface area is 96.7 Å². The van der Waals surface area contributed by atoms with Crippen molar-refractivity contribution in [1.29, 1.82) is 0 Å². The van der Waals surface area contributed by atoms with Gasteiger partial charge in [0.15, 0.2) is 0 Å². The number of nitrogens with one attached hydrogen (secondary N) is 1. The van der Waals surface area contributed by atoms with E-state index in [1.165, 1.54) is 0 Å². The van der Waals surface area contributed by atoms with Gasteiger partial charge in [0.05, 0.1) is 6.54 Å². The van der Waals surface area contributed by atoms with Crippen LogP contribution in [0.4, 0.5) is 0 Å². The Morgan fingerprint density at radius 3 is 2.50 bits per heavy atom. The summed E-state index contributed by atoms with van der Waals surface area (Å²) in [5, 5.41) is 2.65. The summed E-state index contributed by atoms with van der Waals surface area (Å²) < 4.78 is 0. The van der Waals surface area contributed by atoms with Crippen LogP contribution in [0.1, 0.15) is 33.1 Å². The number of rotatable bonds is 4. The van der Waals surface area contributed by atoms with Crippen LogP contribution in [0.2, 0.25) is 0 Å². The lowest BCUT2D eigenvalue weighted by atomic mass is 10.2. The third kappa shape index (κ3) is 3.68. The summed E-state index contributed by atoms with van der Waals surface area (Å²) in [6, 6.07) is 0. The van der Waals surface area contributed by atoms with E-state index in [1.807, 2.05) is 13.0 Å². The van der Waals surface area contributed by atoms with E-state index in [2.05, 4.69) is 5.32 Å². The topological polar surface area (TPSA) is 49.4 Å². The fourth-order valence-corrected chi connectivity index (χ4v) is 1.77. The summed E-state index contributed by atoms with van der Waals surface area (Å²) in [7, 11) is 0. The molecule has 0 unspecified atom stereocenters.